The van der Waals surface area contributed by atoms with Gasteiger partial charge in [-0.25, -0.2) is 4.98 Å². The molecule has 6 heteroatoms. The molecule has 1 aromatic carbocycles. The minimum absolute atomic E-state index is 0.229. The lowest BCUT2D eigenvalue weighted by Gasteiger charge is -2.27. The topological polar surface area (TPSA) is 29.9 Å². The molecule has 1 unspecified atom stereocenters. The van der Waals surface area contributed by atoms with Gasteiger partial charge in [0, 0.05) is 25.0 Å². The average molecular weight is 349 g/mol. The SMILES string of the molecule is Cc1nc(C2CC2)c2n1CCNC2CCc1ccc(C(F)(F)F)cc1. The van der Waals surface area contributed by atoms with E-state index in [1.54, 1.807) is 12.1 Å². The molecule has 25 heavy (non-hydrogen) atoms. The van der Waals surface area contributed by atoms with Crippen molar-refractivity contribution in [1.82, 2.24) is 14.9 Å². The average Bonchev–Trinajstić information content (AvgIpc) is 3.37. The number of aryl methyl sites for hydroxylation is 2. The zero-order valence-electron chi connectivity index (χ0n) is 14.2. The number of halogens is 3. The van der Waals surface area contributed by atoms with Crippen molar-refractivity contribution in [3.8, 4) is 0 Å². The van der Waals surface area contributed by atoms with Gasteiger partial charge in [-0.2, -0.15) is 13.2 Å². The number of nitrogens with zero attached hydrogens (tertiary/aromatic N) is 2. The van der Waals surface area contributed by atoms with Crippen molar-refractivity contribution < 1.29 is 13.2 Å². The van der Waals surface area contributed by atoms with Crippen LogP contribution in [-0.2, 0) is 19.1 Å². The predicted molar refractivity (Wildman–Crippen MR) is 89.4 cm³/mol. The zero-order chi connectivity index (χ0) is 17.6. The molecule has 134 valence electrons. The molecule has 1 atom stereocenters. The van der Waals surface area contributed by atoms with Crippen LogP contribution in [0.3, 0.4) is 0 Å². The Morgan fingerprint density at radius 2 is 1.92 bits per heavy atom. The Labute approximate surface area is 145 Å². The van der Waals surface area contributed by atoms with Crippen LogP contribution in [0.15, 0.2) is 24.3 Å². The van der Waals surface area contributed by atoms with Crippen LogP contribution in [0.1, 0.15) is 59.6 Å². The molecule has 2 heterocycles. The molecule has 1 aromatic heterocycles. The Hall–Kier alpha value is -1.82. The first-order chi connectivity index (χ1) is 11.9. The summed E-state index contributed by atoms with van der Waals surface area (Å²) >= 11 is 0. The summed E-state index contributed by atoms with van der Waals surface area (Å²) < 4.78 is 40.3. The maximum absolute atomic E-state index is 12.7. The highest BCUT2D eigenvalue weighted by Gasteiger charge is 2.35. The van der Waals surface area contributed by atoms with Crippen LogP contribution in [0.2, 0.25) is 0 Å². The van der Waals surface area contributed by atoms with Crippen molar-refractivity contribution in [3.63, 3.8) is 0 Å². The molecular weight excluding hydrogens is 327 g/mol. The van der Waals surface area contributed by atoms with Gasteiger partial charge in [0.25, 0.3) is 0 Å². The standard InChI is InChI=1S/C19H22F3N3/c1-12-24-17(14-5-6-14)18-16(23-10-11-25(12)18)9-4-13-2-7-15(8-3-13)19(20,21)22/h2-3,7-8,14,16,23H,4-6,9-11H2,1H3. The molecule has 0 spiro atoms. The third-order valence-corrected chi connectivity index (χ3v) is 5.25. The molecule has 1 N–H and O–H groups in total. The number of fused-ring (bicyclic) bond motifs is 1. The Bertz CT molecular complexity index is 757. The van der Waals surface area contributed by atoms with E-state index in [2.05, 4.69) is 16.8 Å². The third-order valence-electron chi connectivity index (χ3n) is 5.25. The van der Waals surface area contributed by atoms with E-state index in [1.807, 2.05) is 0 Å². The smallest absolute Gasteiger partial charge is 0.329 e. The number of aromatic nitrogens is 2. The summed E-state index contributed by atoms with van der Waals surface area (Å²) in [6.07, 6.45) is -0.211. The number of imidazole rings is 1. The van der Waals surface area contributed by atoms with Gasteiger partial charge < -0.3 is 9.88 Å². The largest absolute Gasteiger partial charge is 0.416 e. The van der Waals surface area contributed by atoms with Crippen molar-refractivity contribution in [1.29, 1.82) is 0 Å². The maximum Gasteiger partial charge on any atom is 0.416 e. The van der Waals surface area contributed by atoms with Crippen LogP contribution in [0.5, 0.6) is 0 Å². The number of benzene rings is 1. The molecule has 2 aromatic rings. The quantitative estimate of drug-likeness (QED) is 0.889. The van der Waals surface area contributed by atoms with Crippen LogP contribution < -0.4 is 5.32 Å². The van der Waals surface area contributed by atoms with Crippen molar-refractivity contribution >= 4 is 0 Å². The molecular formula is C19H22F3N3. The number of nitrogens with one attached hydrogen (secondary N) is 1. The normalized spacial score (nSPS) is 20.6. The summed E-state index contributed by atoms with van der Waals surface area (Å²) in [5.74, 6) is 1.68. The van der Waals surface area contributed by atoms with E-state index in [0.29, 0.717) is 5.92 Å². The lowest BCUT2D eigenvalue weighted by molar-refractivity contribution is -0.137. The van der Waals surface area contributed by atoms with Gasteiger partial charge in [-0.15, -0.1) is 0 Å². The van der Waals surface area contributed by atoms with E-state index >= 15 is 0 Å². The van der Waals surface area contributed by atoms with Crippen LogP contribution in [0.25, 0.3) is 0 Å². The summed E-state index contributed by atoms with van der Waals surface area (Å²) in [7, 11) is 0. The molecule has 1 fully saturated rings. The number of hydrogen-bond acceptors (Lipinski definition) is 2. The first-order valence-corrected chi connectivity index (χ1v) is 8.90. The minimum atomic E-state index is -4.27. The molecule has 1 aliphatic carbocycles. The highest BCUT2D eigenvalue weighted by molar-refractivity contribution is 5.30. The first kappa shape index (κ1) is 16.6. The van der Waals surface area contributed by atoms with E-state index in [1.165, 1.54) is 36.4 Å². The van der Waals surface area contributed by atoms with Crippen molar-refractivity contribution in [2.24, 2.45) is 0 Å². The Morgan fingerprint density at radius 1 is 1.20 bits per heavy atom. The maximum atomic E-state index is 12.7. The molecule has 1 saturated carbocycles. The second-order valence-electron chi connectivity index (χ2n) is 7.10. The van der Waals surface area contributed by atoms with Gasteiger partial charge in [-0.1, -0.05) is 12.1 Å². The molecule has 0 bridgehead atoms. The lowest BCUT2D eigenvalue weighted by atomic mass is 9.98. The van der Waals surface area contributed by atoms with Gasteiger partial charge in [0.1, 0.15) is 5.82 Å². The number of alkyl halides is 3. The van der Waals surface area contributed by atoms with Crippen molar-refractivity contribution in [2.75, 3.05) is 6.54 Å². The van der Waals surface area contributed by atoms with Crippen molar-refractivity contribution in [3.05, 3.63) is 52.6 Å². The van der Waals surface area contributed by atoms with Gasteiger partial charge >= 0.3 is 6.18 Å². The fourth-order valence-electron chi connectivity index (χ4n) is 3.77. The second-order valence-corrected chi connectivity index (χ2v) is 7.10. The summed E-state index contributed by atoms with van der Waals surface area (Å²) in [6, 6.07) is 5.76. The number of hydrogen-bond donors (Lipinski definition) is 1. The first-order valence-electron chi connectivity index (χ1n) is 8.90. The molecule has 2 aliphatic rings. The minimum Gasteiger partial charge on any atom is -0.329 e. The Kier molecular flexibility index (Phi) is 4.10. The van der Waals surface area contributed by atoms with E-state index < -0.39 is 11.7 Å². The summed E-state index contributed by atoms with van der Waals surface area (Å²) in [4.78, 5) is 4.80. The number of rotatable bonds is 4. The van der Waals surface area contributed by atoms with Crippen molar-refractivity contribution in [2.45, 2.75) is 57.3 Å². The van der Waals surface area contributed by atoms with Crippen LogP contribution >= 0.6 is 0 Å². The highest BCUT2D eigenvalue weighted by Crippen LogP contribution is 2.44. The van der Waals surface area contributed by atoms with E-state index in [0.717, 1.165) is 37.3 Å². The second kappa shape index (κ2) is 6.16. The predicted octanol–water partition coefficient (Wildman–Crippen LogP) is 4.36. The zero-order valence-corrected chi connectivity index (χ0v) is 14.2. The van der Waals surface area contributed by atoms with E-state index in [-0.39, 0.29) is 6.04 Å². The van der Waals surface area contributed by atoms with Gasteiger partial charge in [0.2, 0.25) is 0 Å². The molecule has 0 amide bonds. The Balaban J connectivity index is 1.49. The third kappa shape index (κ3) is 3.32. The molecule has 0 saturated heterocycles. The summed E-state index contributed by atoms with van der Waals surface area (Å²) in [5, 5.41) is 3.58. The van der Waals surface area contributed by atoms with Gasteiger partial charge in [-0.3, -0.25) is 0 Å². The van der Waals surface area contributed by atoms with E-state index in [4.69, 9.17) is 4.98 Å². The molecule has 0 radical (unpaired) electrons. The van der Waals surface area contributed by atoms with Crippen LogP contribution in [0.4, 0.5) is 13.2 Å². The molecule has 1 aliphatic heterocycles. The van der Waals surface area contributed by atoms with Gasteiger partial charge in [-0.05, 0) is 50.3 Å². The Morgan fingerprint density at radius 3 is 2.56 bits per heavy atom. The fourth-order valence-corrected chi connectivity index (χ4v) is 3.77. The van der Waals surface area contributed by atoms with E-state index in [9.17, 15) is 13.2 Å². The van der Waals surface area contributed by atoms with Crippen LogP contribution in [0, 0.1) is 6.92 Å². The molecule has 3 nitrogen and oxygen atoms in total. The summed E-state index contributed by atoms with van der Waals surface area (Å²) in [6.45, 7) is 3.91. The van der Waals surface area contributed by atoms with Crippen LogP contribution in [-0.4, -0.2) is 16.1 Å². The van der Waals surface area contributed by atoms with Gasteiger partial charge in [0.15, 0.2) is 0 Å². The summed E-state index contributed by atoms with van der Waals surface area (Å²) in [5.41, 5.74) is 2.90. The lowest BCUT2D eigenvalue weighted by Crippen LogP contribution is -2.34. The monoisotopic (exact) mass is 349 g/mol. The van der Waals surface area contributed by atoms with Gasteiger partial charge in [0.05, 0.1) is 17.0 Å². The highest BCUT2D eigenvalue weighted by atomic mass is 19.4. The molecule has 4 rings (SSSR count). The fraction of sp³-hybridized carbons (Fsp3) is 0.526.